The van der Waals surface area contributed by atoms with Gasteiger partial charge in [0, 0.05) is 0 Å². The average Bonchev–Trinajstić information content (AvgIpc) is 2.98. The molecule has 0 aromatic carbocycles. The minimum absolute atomic E-state index is 0.219. The van der Waals surface area contributed by atoms with Crippen LogP contribution in [0.25, 0.3) is 0 Å². The van der Waals surface area contributed by atoms with Gasteiger partial charge in [-0.05, 0) is 12.8 Å². The number of epoxide rings is 1. The highest BCUT2D eigenvalue weighted by atomic mass is 35.6. The van der Waals surface area contributed by atoms with Gasteiger partial charge in [-0.1, -0.05) is 54.1 Å². The maximum atomic E-state index is 6.04. The van der Waals surface area contributed by atoms with Crippen molar-refractivity contribution < 1.29 is 9.47 Å². The molecule has 0 bridgehead atoms. The van der Waals surface area contributed by atoms with E-state index in [1.165, 1.54) is 6.42 Å². The first-order valence-corrected chi connectivity index (χ1v) is 6.49. The number of hydrogen-bond acceptors (Lipinski definition) is 2. The van der Waals surface area contributed by atoms with Gasteiger partial charge in [-0.25, -0.2) is 0 Å². The first-order chi connectivity index (χ1) is 7.04. The molecule has 2 aliphatic rings. The third-order valence-electron chi connectivity index (χ3n) is 3.13. The van der Waals surface area contributed by atoms with Crippen molar-refractivity contribution in [1.82, 2.24) is 0 Å². The van der Waals surface area contributed by atoms with E-state index in [9.17, 15) is 0 Å². The van der Waals surface area contributed by atoms with Gasteiger partial charge in [-0.15, -0.1) is 0 Å². The van der Waals surface area contributed by atoms with Crippen LogP contribution in [0.5, 0.6) is 0 Å². The summed E-state index contributed by atoms with van der Waals surface area (Å²) in [4.78, 5) is 0. The summed E-state index contributed by atoms with van der Waals surface area (Å²) in [6.45, 7) is 1.32. The fourth-order valence-electron chi connectivity index (χ4n) is 2.05. The lowest BCUT2D eigenvalue weighted by molar-refractivity contribution is -0.0721. The minimum Gasteiger partial charge on any atom is -0.371 e. The Kier molecular flexibility index (Phi) is 3.74. The molecule has 0 aromatic rings. The number of ether oxygens (including phenoxy) is 2. The summed E-state index contributed by atoms with van der Waals surface area (Å²) in [5.41, 5.74) is -0.595. The Morgan fingerprint density at radius 2 is 1.80 bits per heavy atom. The summed E-state index contributed by atoms with van der Waals surface area (Å²) in [7, 11) is 0. The van der Waals surface area contributed by atoms with Crippen LogP contribution < -0.4 is 0 Å². The molecule has 0 unspecified atom stereocenters. The molecule has 1 atom stereocenters. The number of hydrogen-bond donors (Lipinski definition) is 0. The lowest BCUT2D eigenvalue weighted by Crippen LogP contribution is -2.47. The maximum Gasteiger partial charge on any atom is 0.219 e. The van der Waals surface area contributed by atoms with E-state index < -0.39 is 9.39 Å². The zero-order chi connectivity index (χ0) is 10.9. The van der Waals surface area contributed by atoms with Gasteiger partial charge in [-0.2, -0.15) is 0 Å². The van der Waals surface area contributed by atoms with Crippen molar-refractivity contribution in [2.45, 2.75) is 47.6 Å². The zero-order valence-corrected chi connectivity index (χ0v) is 10.7. The Morgan fingerprint density at radius 3 is 2.27 bits per heavy atom. The quantitative estimate of drug-likeness (QED) is 0.580. The standard InChI is InChI=1S/C10H15Cl3O2/c11-10(12,13)9(4-2-1-3-5-9)15-7-8-6-14-8/h8H,1-7H2/t8-/m1/s1. The van der Waals surface area contributed by atoms with Crippen LogP contribution in [-0.2, 0) is 9.47 Å². The lowest BCUT2D eigenvalue weighted by atomic mass is 9.85. The van der Waals surface area contributed by atoms with Crippen LogP contribution in [0.3, 0.4) is 0 Å². The van der Waals surface area contributed by atoms with E-state index in [0.717, 1.165) is 32.3 Å². The van der Waals surface area contributed by atoms with Gasteiger partial charge in [0.25, 0.3) is 0 Å². The fraction of sp³-hybridized carbons (Fsp3) is 1.00. The van der Waals surface area contributed by atoms with E-state index in [1.54, 1.807) is 0 Å². The van der Waals surface area contributed by atoms with Crippen molar-refractivity contribution >= 4 is 34.8 Å². The van der Waals surface area contributed by atoms with E-state index >= 15 is 0 Å². The number of halogens is 3. The molecule has 0 radical (unpaired) electrons. The molecule has 2 fully saturated rings. The summed E-state index contributed by atoms with van der Waals surface area (Å²) < 4.78 is 9.61. The molecule has 0 amide bonds. The molecule has 0 aromatic heterocycles. The Labute approximate surface area is 105 Å². The Bertz CT molecular complexity index is 217. The van der Waals surface area contributed by atoms with Crippen LogP contribution in [0.4, 0.5) is 0 Å². The van der Waals surface area contributed by atoms with Gasteiger partial charge in [0.15, 0.2) is 0 Å². The molecule has 88 valence electrons. The monoisotopic (exact) mass is 272 g/mol. The van der Waals surface area contributed by atoms with Crippen molar-refractivity contribution in [2.24, 2.45) is 0 Å². The SMILES string of the molecule is ClC(Cl)(Cl)C1(OC[C@H]2CO2)CCCCC1. The Balaban J connectivity index is 1.99. The first-order valence-electron chi connectivity index (χ1n) is 5.36. The number of alkyl halides is 3. The lowest BCUT2D eigenvalue weighted by Gasteiger charge is -2.42. The first kappa shape index (κ1) is 12.3. The molecule has 1 aliphatic carbocycles. The molecule has 0 N–H and O–H groups in total. The summed E-state index contributed by atoms with van der Waals surface area (Å²) in [5.74, 6) is 0. The van der Waals surface area contributed by atoms with Gasteiger partial charge in [0.05, 0.1) is 13.2 Å². The van der Waals surface area contributed by atoms with Crippen molar-refractivity contribution in [2.75, 3.05) is 13.2 Å². The largest absolute Gasteiger partial charge is 0.371 e. The Morgan fingerprint density at radius 1 is 1.20 bits per heavy atom. The number of rotatable bonds is 3. The predicted octanol–water partition coefficient (Wildman–Crippen LogP) is 3.47. The topological polar surface area (TPSA) is 21.8 Å². The highest BCUT2D eigenvalue weighted by Crippen LogP contribution is 2.49. The smallest absolute Gasteiger partial charge is 0.219 e. The van der Waals surface area contributed by atoms with Gasteiger partial charge in [-0.3, -0.25) is 0 Å². The van der Waals surface area contributed by atoms with Crippen LogP contribution in [-0.4, -0.2) is 28.7 Å². The predicted molar refractivity (Wildman–Crippen MR) is 61.8 cm³/mol. The molecule has 15 heavy (non-hydrogen) atoms. The van der Waals surface area contributed by atoms with Gasteiger partial charge in [0.2, 0.25) is 3.79 Å². The molecule has 5 heteroatoms. The minimum atomic E-state index is -1.33. The molecule has 1 saturated carbocycles. The van der Waals surface area contributed by atoms with Crippen LogP contribution in [0, 0.1) is 0 Å². The van der Waals surface area contributed by atoms with Crippen molar-refractivity contribution in [1.29, 1.82) is 0 Å². The average molecular weight is 274 g/mol. The summed E-state index contributed by atoms with van der Waals surface area (Å²) >= 11 is 18.1. The van der Waals surface area contributed by atoms with Gasteiger partial charge < -0.3 is 9.47 Å². The molecular weight excluding hydrogens is 258 g/mol. The van der Waals surface area contributed by atoms with Gasteiger partial charge in [0.1, 0.15) is 11.7 Å². The highest BCUT2D eigenvalue weighted by Gasteiger charge is 2.50. The van der Waals surface area contributed by atoms with E-state index in [-0.39, 0.29) is 6.10 Å². The molecule has 2 rings (SSSR count). The van der Waals surface area contributed by atoms with Crippen molar-refractivity contribution in [3.63, 3.8) is 0 Å². The van der Waals surface area contributed by atoms with E-state index in [0.29, 0.717) is 6.61 Å². The van der Waals surface area contributed by atoms with E-state index in [2.05, 4.69) is 0 Å². The molecule has 0 spiro atoms. The molecular formula is C10H15Cl3O2. The highest BCUT2D eigenvalue weighted by molar-refractivity contribution is 6.68. The van der Waals surface area contributed by atoms with Crippen LogP contribution in [0.15, 0.2) is 0 Å². The van der Waals surface area contributed by atoms with Crippen molar-refractivity contribution in [3.8, 4) is 0 Å². The third kappa shape index (κ3) is 2.92. The Hall–Kier alpha value is 0.790. The zero-order valence-electron chi connectivity index (χ0n) is 8.48. The second-order valence-corrected chi connectivity index (χ2v) is 6.60. The second kappa shape index (κ2) is 4.58. The van der Waals surface area contributed by atoms with Crippen LogP contribution >= 0.6 is 34.8 Å². The second-order valence-electron chi connectivity index (χ2n) is 4.32. The molecule has 2 nitrogen and oxygen atoms in total. The van der Waals surface area contributed by atoms with Gasteiger partial charge >= 0.3 is 0 Å². The van der Waals surface area contributed by atoms with Crippen LogP contribution in [0.1, 0.15) is 32.1 Å². The maximum absolute atomic E-state index is 6.04. The molecule has 1 heterocycles. The fourth-order valence-corrected chi connectivity index (χ4v) is 2.78. The molecule has 1 saturated heterocycles. The molecule has 1 aliphatic heterocycles. The van der Waals surface area contributed by atoms with E-state index in [4.69, 9.17) is 44.3 Å². The third-order valence-corrected chi connectivity index (χ3v) is 4.16. The summed E-state index contributed by atoms with van der Waals surface area (Å²) in [6, 6.07) is 0. The summed E-state index contributed by atoms with van der Waals surface area (Å²) in [5, 5.41) is 0. The normalized spacial score (nSPS) is 30.2. The van der Waals surface area contributed by atoms with E-state index in [1.807, 2.05) is 0 Å². The van der Waals surface area contributed by atoms with Crippen molar-refractivity contribution in [3.05, 3.63) is 0 Å². The summed E-state index contributed by atoms with van der Waals surface area (Å²) in [6.07, 6.45) is 5.22. The van der Waals surface area contributed by atoms with Crippen LogP contribution in [0.2, 0.25) is 0 Å².